The van der Waals surface area contributed by atoms with E-state index in [0.29, 0.717) is 17.0 Å². The van der Waals surface area contributed by atoms with Crippen LogP contribution in [0.4, 0.5) is 0 Å². The molecule has 52 valence electrons. The number of halogens is 1. The lowest BCUT2D eigenvalue weighted by molar-refractivity contribution is -0.104. The quantitative estimate of drug-likeness (QED) is 0.445. The molecule has 1 nitrogen and oxygen atoms in total. The highest BCUT2D eigenvalue weighted by atomic mass is 35.5. The van der Waals surface area contributed by atoms with Gasteiger partial charge in [-0.15, -0.1) is 0 Å². The van der Waals surface area contributed by atoms with Crippen molar-refractivity contribution in [1.29, 1.82) is 0 Å². The van der Waals surface area contributed by atoms with Crippen LogP contribution >= 0.6 is 23.8 Å². The molecule has 0 aromatic rings. The van der Waals surface area contributed by atoms with E-state index in [4.69, 9.17) is 23.8 Å². The molecular weight excluding hydrogens is 168 g/mol. The van der Waals surface area contributed by atoms with Gasteiger partial charge in [0.2, 0.25) is 0 Å². The first-order valence-corrected chi connectivity index (χ1v) is 3.57. The molecule has 3 heteroatoms. The van der Waals surface area contributed by atoms with Gasteiger partial charge < -0.3 is 0 Å². The summed E-state index contributed by atoms with van der Waals surface area (Å²) in [6.45, 7) is 0. The van der Waals surface area contributed by atoms with E-state index >= 15 is 0 Å². The molecule has 0 amide bonds. The summed E-state index contributed by atoms with van der Waals surface area (Å²) >= 11 is 10.5. The molecule has 1 aliphatic rings. The van der Waals surface area contributed by atoms with Gasteiger partial charge in [-0.05, 0) is 12.2 Å². The second kappa shape index (κ2) is 3.08. The van der Waals surface area contributed by atoms with Gasteiger partial charge in [0, 0.05) is 21.9 Å². The molecule has 0 spiro atoms. The van der Waals surface area contributed by atoms with E-state index in [0.717, 1.165) is 11.2 Å². The number of hydrogen-bond donors (Lipinski definition) is 0. The average Bonchev–Trinajstić information content (AvgIpc) is 1.88. The van der Waals surface area contributed by atoms with Crippen LogP contribution < -0.4 is 0 Å². The Bertz CT molecular complexity index is 240. The van der Waals surface area contributed by atoms with E-state index in [2.05, 4.69) is 0 Å². The molecule has 0 atom stereocenters. The average molecular weight is 173 g/mol. The molecule has 10 heavy (non-hydrogen) atoms. The first-order chi connectivity index (χ1) is 4.74. The van der Waals surface area contributed by atoms with E-state index in [1.807, 2.05) is 0 Å². The Labute approximate surface area is 69.4 Å². The lowest BCUT2D eigenvalue weighted by Crippen LogP contribution is -1.98. The van der Waals surface area contributed by atoms with Crippen molar-refractivity contribution in [2.75, 3.05) is 0 Å². The standard InChI is InChI=1S/C7H5ClOS/c8-7-3-6(10)2-1-5(7)4-9/h1-2,4H,3H2. The SMILES string of the molecule is O=CC1=C(Cl)CC(=S)C=C1. The van der Waals surface area contributed by atoms with Gasteiger partial charge >= 0.3 is 0 Å². The zero-order valence-electron chi connectivity index (χ0n) is 5.13. The second-order valence-corrected chi connectivity index (χ2v) is 2.94. The Kier molecular flexibility index (Phi) is 2.35. The van der Waals surface area contributed by atoms with E-state index in [1.165, 1.54) is 0 Å². The molecule has 0 unspecified atom stereocenters. The van der Waals surface area contributed by atoms with Crippen molar-refractivity contribution >= 4 is 35.0 Å². The monoisotopic (exact) mass is 172 g/mol. The smallest absolute Gasteiger partial charge is 0.151 e. The van der Waals surface area contributed by atoms with Crippen LogP contribution in [0.3, 0.4) is 0 Å². The number of allylic oxidation sites excluding steroid dienone is 4. The molecule has 0 bridgehead atoms. The fraction of sp³-hybridized carbons (Fsp3) is 0.143. The highest BCUT2D eigenvalue weighted by Gasteiger charge is 2.07. The fourth-order valence-electron chi connectivity index (χ4n) is 0.690. The van der Waals surface area contributed by atoms with Crippen LogP contribution in [0.5, 0.6) is 0 Å². The van der Waals surface area contributed by atoms with Crippen LogP contribution in [-0.4, -0.2) is 11.2 Å². The highest BCUT2D eigenvalue weighted by Crippen LogP contribution is 2.19. The third-order valence-corrected chi connectivity index (χ3v) is 1.85. The molecule has 0 heterocycles. The third-order valence-electron chi connectivity index (χ3n) is 1.22. The van der Waals surface area contributed by atoms with E-state index in [-0.39, 0.29) is 0 Å². The minimum atomic E-state index is 0.529. The van der Waals surface area contributed by atoms with Gasteiger partial charge in [-0.3, -0.25) is 4.79 Å². The largest absolute Gasteiger partial charge is 0.298 e. The summed E-state index contributed by atoms with van der Waals surface area (Å²) in [5.41, 5.74) is 0.537. The van der Waals surface area contributed by atoms with E-state index < -0.39 is 0 Å². The second-order valence-electron chi connectivity index (χ2n) is 1.95. The van der Waals surface area contributed by atoms with Gasteiger partial charge in [0.05, 0.1) is 0 Å². The van der Waals surface area contributed by atoms with Crippen LogP contribution in [0.2, 0.25) is 0 Å². The maximum Gasteiger partial charge on any atom is 0.151 e. The number of rotatable bonds is 1. The molecular formula is C7H5ClOS. The van der Waals surface area contributed by atoms with Crippen molar-refractivity contribution in [3.05, 3.63) is 22.8 Å². The summed E-state index contributed by atoms with van der Waals surface area (Å²) in [4.78, 5) is 11.0. The topological polar surface area (TPSA) is 17.1 Å². The van der Waals surface area contributed by atoms with Gasteiger partial charge in [-0.1, -0.05) is 23.8 Å². The van der Waals surface area contributed by atoms with Gasteiger partial charge in [-0.2, -0.15) is 0 Å². The Morgan fingerprint density at radius 3 is 2.80 bits per heavy atom. The van der Waals surface area contributed by atoms with Gasteiger partial charge in [0.1, 0.15) is 0 Å². The molecule has 1 rings (SSSR count). The van der Waals surface area contributed by atoms with Crippen molar-refractivity contribution in [2.24, 2.45) is 0 Å². The molecule has 0 aromatic heterocycles. The fourth-order valence-corrected chi connectivity index (χ4v) is 1.23. The summed E-state index contributed by atoms with van der Waals surface area (Å²) in [5, 5.41) is 0.544. The Morgan fingerprint density at radius 1 is 1.60 bits per heavy atom. The summed E-state index contributed by atoms with van der Waals surface area (Å²) in [5.74, 6) is 0. The normalized spacial score (nSPS) is 17.9. The summed E-state index contributed by atoms with van der Waals surface area (Å²) < 4.78 is 0. The van der Waals surface area contributed by atoms with Crippen LogP contribution in [0.15, 0.2) is 22.8 Å². The Hall–Kier alpha value is -0.470. The molecule has 0 saturated heterocycles. The predicted octanol–water partition coefficient (Wildman–Crippen LogP) is 2.01. The molecule has 0 aromatic carbocycles. The first-order valence-electron chi connectivity index (χ1n) is 2.79. The highest BCUT2D eigenvalue weighted by molar-refractivity contribution is 7.80. The molecule has 0 radical (unpaired) electrons. The van der Waals surface area contributed by atoms with Crippen molar-refractivity contribution in [3.63, 3.8) is 0 Å². The van der Waals surface area contributed by atoms with Crippen LogP contribution in [0.1, 0.15) is 6.42 Å². The molecule has 0 aliphatic heterocycles. The van der Waals surface area contributed by atoms with Crippen molar-refractivity contribution in [2.45, 2.75) is 6.42 Å². The molecule has 1 aliphatic carbocycles. The van der Waals surface area contributed by atoms with Crippen molar-refractivity contribution < 1.29 is 4.79 Å². The summed E-state index contributed by atoms with van der Waals surface area (Å²) in [6, 6.07) is 0. The van der Waals surface area contributed by atoms with Gasteiger partial charge in [0.25, 0.3) is 0 Å². The van der Waals surface area contributed by atoms with Crippen LogP contribution in [-0.2, 0) is 4.79 Å². The molecule has 0 N–H and O–H groups in total. The number of thiocarbonyl (C=S) groups is 1. The number of hydrogen-bond acceptors (Lipinski definition) is 2. The minimum absolute atomic E-state index is 0.529. The van der Waals surface area contributed by atoms with Crippen LogP contribution in [0.25, 0.3) is 0 Å². The first kappa shape index (κ1) is 7.63. The zero-order valence-corrected chi connectivity index (χ0v) is 6.71. The zero-order chi connectivity index (χ0) is 7.56. The Balaban J connectivity index is 2.93. The van der Waals surface area contributed by atoms with Gasteiger partial charge in [0.15, 0.2) is 6.29 Å². The lowest BCUT2D eigenvalue weighted by atomic mass is 10.1. The number of carbonyl (C=O) groups excluding carboxylic acids is 1. The number of carbonyl (C=O) groups is 1. The summed E-state index contributed by atoms with van der Waals surface area (Å²) in [7, 11) is 0. The number of aldehydes is 1. The Morgan fingerprint density at radius 2 is 2.30 bits per heavy atom. The maximum atomic E-state index is 10.2. The minimum Gasteiger partial charge on any atom is -0.298 e. The molecule has 0 fully saturated rings. The molecule has 0 saturated carbocycles. The van der Waals surface area contributed by atoms with Crippen LogP contribution in [0, 0.1) is 0 Å². The maximum absolute atomic E-state index is 10.2. The summed E-state index contributed by atoms with van der Waals surface area (Å²) in [6.07, 6.45) is 4.63. The van der Waals surface area contributed by atoms with Crippen molar-refractivity contribution in [3.8, 4) is 0 Å². The van der Waals surface area contributed by atoms with Gasteiger partial charge in [-0.25, -0.2) is 0 Å². The van der Waals surface area contributed by atoms with E-state index in [9.17, 15) is 4.79 Å². The lowest BCUT2D eigenvalue weighted by Gasteiger charge is -2.04. The predicted molar refractivity (Wildman–Crippen MR) is 45.3 cm³/mol. The third kappa shape index (κ3) is 1.52. The van der Waals surface area contributed by atoms with E-state index in [1.54, 1.807) is 12.2 Å². The van der Waals surface area contributed by atoms with Crippen molar-refractivity contribution in [1.82, 2.24) is 0 Å².